The van der Waals surface area contributed by atoms with Crippen molar-refractivity contribution >= 4 is 10.0 Å². The van der Waals surface area contributed by atoms with Gasteiger partial charge in [-0.05, 0) is 37.0 Å². The normalized spacial score (nSPS) is 24.2. The first kappa shape index (κ1) is 16.3. The van der Waals surface area contributed by atoms with Gasteiger partial charge in [0.15, 0.2) is 0 Å². The second-order valence-corrected chi connectivity index (χ2v) is 7.24. The molecule has 7 heteroatoms. The Morgan fingerprint density at radius 2 is 2.10 bits per heavy atom. The Balaban J connectivity index is 2.36. The van der Waals surface area contributed by atoms with Gasteiger partial charge >= 0.3 is 0 Å². The van der Waals surface area contributed by atoms with E-state index in [-0.39, 0.29) is 12.6 Å². The van der Waals surface area contributed by atoms with Crippen LogP contribution in [-0.4, -0.2) is 31.9 Å². The van der Waals surface area contributed by atoms with Gasteiger partial charge in [0, 0.05) is 19.1 Å². The van der Waals surface area contributed by atoms with E-state index >= 15 is 0 Å². The Bertz CT molecular complexity index is 607. The zero-order valence-electron chi connectivity index (χ0n) is 11.9. The summed E-state index contributed by atoms with van der Waals surface area (Å²) in [6.07, 6.45) is 2.32. The summed E-state index contributed by atoms with van der Waals surface area (Å²) in [5, 5.41) is 0. The summed E-state index contributed by atoms with van der Waals surface area (Å²) in [4.78, 5) is -0.615. The monoisotopic (exact) mass is 318 g/mol. The molecular weight excluding hydrogens is 298 g/mol. The Labute approximate surface area is 124 Å². The minimum Gasteiger partial charge on any atom is -0.329 e. The maximum absolute atomic E-state index is 13.8. The SMILES string of the molecule is CCC1CCN(S(=O)(=O)c2cc(F)ccc2F)C(CN)C1. The Kier molecular flexibility index (Phi) is 4.95. The molecule has 1 aromatic carbocycles. The molecule has 1 aromatic rings. The fourth-order valence-electron chi connectivity index (χ4n) is 2.81. The minimum atomic E-state index is -4.07. The van der Waals surface area contributed by atoms with E-state index in [0.717, 1.165) is 24.6 Å². The number of halogens is 2. The van der Waals surface area contributed by atoms with Crippen LogP contribution in [0.1, 0.15) is 26.2 Å². The van der Waals surface area contributed by atoms with Gasteiger partial charge in [-0.2, -0.15) is 4.31 Å². The molecule has 0 spiro atoms. The topological polar surface area (TPSA) is 63.4 Å². The summed E-state index contributed by atoms with van der Waals surface area (Å²) in [7, 11) is -4.07. The summed E-state index contributed by atoms with van der Waals surface area (Å²) >= 11 is 0. The van der Waals surface area contributed by atoms with Crippen molar-refractivity contribution in [3.8, 4) is 0 Å². The number of sulfonamides is 1. The van der Waals surface area contributed by atoms with Gasteiger partial charge in [0.1, 0.15) is 16.5 Å². The highest BCUT2D eigenvalue weighted by molar-refractivity contribution is 7.89. The summed E-state index contributed by atoms with van der Waals surface area (Å²) < 4.78 is 53.5. The number of hydrogen-bond donors (Lipinski definition) is 1. The lowest BCUT2D eigenvalue weighted by atomic mass is 9.90. The molecule has 0 radical (unpaired) electrons. The van der Waals surface area contributed by atoms with Crippen molar-refractivity contribution in [3.05, 3.63) is 29.8 Å². The highest BCUT2D eigenvalue weighted by atomic mass is 32.2. The van der Waals surface area contributed by atoms with E-state index in [0.29, 0.717) is 25.3 Å². The summed E-state index contributed by atoms with van der Waals surface area (Å²) in [5.74, 6) is -1.30. The predicted octanol–water partition coefficient (Wildman–Crippen LogP) is 2.10. The number of piperidine rings is 1. The van der Waals surface area contributed by atoms with Crippen LogP contribution in [0.15, 0.2) is 23.1 Å². The van der Waals surface area contributed by atoms with Crippen molar-refractivity contribution in [2.24, 2.45) is 11.7 Å². The molecule has 1 heterocycles. The number of benzene rings is 1. The second-order valence-electron chi connectivity index (χ2n) is 5.38. The van der Waals surface area contributed by atoms with E-state index in [1.807, 2.05) is 0 Å². The lowest BCUT2D eigenvalue weighted by Gasteiger charge is -2.37. The third-order valence-electron chi connectivity index (χ3n) is 4.10. The first-order chi connectivity index (χ1) is 9.90. The predicted molar refractivity (Wildman–Crippen MR) is 76.1 cm³/mol. The summed E-state index contributed by atoms with van der Waals surface area (Å²) in [6, 6.07) is 2.09. The van der Waals surface area contributed by atoms with Crippen LogP contribution in [-0.2, 0) is 10.0 Å². The quantitative estimate of drug-likeness (QED) is 0.925. The van der Waals surface area contributed by atoms with Crippen LogP contribution in [0.3, 0.4) is 0 Å². The number of hydrogen-bond acceptors (Lipinski definition) is 3. The fraction of sp³-hybridized carbons (Fsp3) is 0.571. The molecule has 0 saturated carbocycles. The van der Waals surface area contributed by atoms with Crippen LogP contribution in [0, 0.1) is 17.6 Å². The van der Waals surface area contributed by atoms with Crippen molar-refractivity contribution in [1.29, 1.82) is 0 Å². The van der Waals surface area contributed by atoms with Gasteiger partial charge in [-0.25, -0.2) is 17.2 Å². The van der Waals surface area contributed by atoms with Crippen LogP contribution < -0.4 is 5.73 Å². The third kappa shape index (κ3) is 3.25. The molecule has 2 unspecified atom stereocenters. The number of nitrogens with two attached hydrogens (primary N) is 1. The molecule has 1 aliphatic rings. The van der Waals surface area contributed by atoms with E-state index < -0.39 is 26.6 Å². The Morgan fingerprint density at radius 3 is 2.71 bits per heavy atom. The lowest BCUT2D eigenvalue weighted by molar-refractivity contribution is 0.197. The van der Waals surface area contributed by atoms with Crippen LogP contribution in [0.4, 0.5) is 8.78 Å². The van der Waals surface area contributed by atoms with Gasteiger partial charge in [0.05, 0.1) is 0 Å². The van der Waals surface area contributed by atoms with Gasteiger partial charge in [-0.15, -0.1) is 0 Å². The van der Waals surface area contributed by atoms with Gasteiger partial charge in [-0.1, -0.05) is 13.3 Å². The second kappa shape index (κ2) is 6.37. The molecule has 0 bridgehead atoms. The first-order valence-electron chi connectivity index (χ1n) is 7.07. The van der Waals surface area contributed by atoms with Gasteiger partial charge in [-0.3, -0.25) is 0 Å². The molecule has 0 amide bonds. The first-order valence-corrected chi connectivity index (χ1v) is 8.51. The molecule has 0 aromatic heterocycles. The van der Waals surface area contributed by atoms with Crippen molar-refractivity contribution in [1.82, 2.24) is 4.31 Å². The molecule has 1 fully saturated rings. The molecule has 2 N–H and O–H groups in total. The van der Waals surface area contributed by atoms with Crippen LogP contribution in [0.2, 0.25) is 0 Å². The largest absolute Gasteiger partial charge is 0.329 e. The van der Waals surface area contributed by atoms with E-state index in [9.17, 15) is 17.2 Å². The maximum atomic E-state index is 13.8. The van der Waals surface area contributed by atoms with Crippen molar-refractivity contribution in [3.63, 3.8) is 0 Å². The molecule has 0 aliphatic carbocycles. The van der Waals surface area contributed by atoms with Gasteiger partial charge in [0.25, 0.3) is 0 Å². The van der Waals surface area contributed by atoms with Crippen LogP contribution >= 0.6 is 0 Å². The molecule has 1 aliphatic heterocycles. The highest BCUT2D eigenvalue weighted by Gasteiger charge is 2.37. The smallest absolute Gasteiger partial charge is 0.246 e. The fourth-order valence-corrected chi connectivity index (χ4v) is 4.55. The van der Waals surface area contributed by atoms with Crippen LogP contribution in [0.5, 0.6) is 0 Å². The maximum Gasteiger partial charge on any atom is 0.246 e. The van der Waals surface area contributed by atoms with Crippen molar-refractivity contribution < 1.29 is 17.2 Å². The zero-order valence-corrected chi connectivity index (χ0v) is 12.7. The molecule has 4 nitrogen and oxygen atoms in total. The minimum absolute atomic E-state index is 0.173. The number of nitrogens with zero attached hydrogens (tertiary/aromatic N) is 1. The van der Waals surface area contributed by atoms with E-state index in [1.54, 1.807) is 0 Å². The Hall–Kier alpha value is -1.05. The van der Waals surface area contributed by atoms with Crippen molar-refractivity contribution in [2.45, 2.75) is 37.1 Å². The van der Waals surface area contributed by atoms with Crippen LogP contribution in [0.25, 0.3) is 0 Å². The van der Waals surface area contributed by atoms with Crippen molar-refractivity contribution in [2.75, 3.05) is 13.1 Å². The molecule has 21 heavy (non-hydrogen) atoms. The molecular formula is C14H20F2N2O2S. The highest BCUT2D eigenvalue weighted by Crippen LogP contribution is 2.30. The summed E-state index contributed by atoms with van der Waals surface area (Å²) in [5.41, 5.74) is 5.68. The molecule has 2 rings (SSSR count). The van der Waals surface area contributed by atoms with E-state index in [4.69, 9.17) is 5.73 Å². The lowest BCUT2D eigenvalue weighted by Crippen LogP contribution is -2.49. The average Bonchev–Trinajstić information content (AvgIpc) is 2.48. The zero-order chi connectivity index (χ0) is 15.6. The van der Waals surface area contributed by atoms with E-state index in [1.165, 1.54) is 4.31 Å². The molecule has 118 valence electrons. The molecule has 1 saturated heterocycles. The van der Waals surface area contributed by atoms with E-state index in [2.05, 4.69) is 6.92 Å². The van der Waals surface area contributed by atoms with Gasteiger partial charge in [0.2, 0.25) is 10.0 Å². The average molecular weight is 318 g/mol. The molecule has 2 atom stereocenters. The third-order valence-corrected chi connectivity index (χ3v) is 6.07. The Morgan fingerprint density at radius 1 is 1.38 bits per heavy atom. The van der Waals surface area contributed by atoms with Gasteiger partial charge < -0.3 is 5.73 Å². The standard InChI is InChI=1S/C14H20F2N2O2S/c1-2-10-5-6-18(12(7-10)9-17)21(19,20)14-8-11(15)3-4-13(14)16/h3-4,8,10,12H,2,5-7,9,17H2,1H3. The summed E-state index contributed by atoms with van der Waals surface area (Å²) in [6.45, 7) is 2.51. The number of rotatable bonds is 4.